The topological polar surface area (TPSA) is 45.2 Å². The average molecular weight is 553 g/mol. The number of amides is 1. The molecular formula is C30H31Cl2N3OS. The second kappa shape index (κ2) is 12.0. The minimum absolute atomic E-state index is 0.00149. The first-order valence-corrected chi connectivity index (χ1v) is 14.5. The predicted octanol–water partition coefficient (Wildman–Crippen LogP) is 8.22. The third-order valence-corrected chi connectivity index (χ3v) is 9.04. The molecule has 0 radical (unpaired) electrons. The van der Waals surface area contributed by atoms with Crippen molar-refractivity contribution in [2.75, 3.05) is 6.54 Å². The second-order valence-electron chi connectivity index (χ2n) is 9.71. The molecule has 0 saturated heterocycles. The zero-order chi connectivity index (χ0) is 25.8. The quantitative estimate of drug-likeness (QED) is 0.240. The van der Waals surface area contributed by atoms with Crippen molar-refractivity contribution < 1.29 is 4.79 Å². The fraction of sp³-hybridized carbons (Fsp3) is 0.333. The lowest BCUT2D eigenvalue weighted by Crippen LogP contribution is -2.45. The standard InChI is InChI=1S/C30H31Cl2N3OS/c1-2-14-34-24-7-9-25(10-8-24)35(19-20-4-3-5-22(17-20)21-12-15-33-16-13-21)30(36)29-28(32)26-11-6-23(31)18-27(26)37-29/h3-6,11-13,15-18,24-25,34H,2,7-10,14,19H2,1H3. The van der Waals surface area contributed by atoms with Crippen molar-refractivity contribution in [1.82, 2.24) is 15.2 Å². The molecule has 0 aliphatic heterocycles. The average Bonchev–Trinajstić information content (AvgIpc) is 3.26. The fourth-order valence-corrected chi connectivity index (χ4v) is 6.95. The number of hydrogen-bond acceptors (Lipinski definition) is 4. The summed E-state index contributed by atoms with van der Waals surface area (Å²) in [5.41, 5.74) is 3.34. The molecule has 7 heteroatoms. The molecule has 0 unspecified atom stereocenters. The van der Waals surface area contributed by atoms with E-state index in [1.54, 1.807) is 12.4 Å². The van der Waals surface area contributed by atoms with E-state index in [1.165, 1.54) is 11.3 Å². The molecule has 1 amide bonds. The Morgan fingerprint density at radius 3 is 2.57 bits per heavy atom. The molecule has 1 saturated carbocycles. The molecule has 5 rings (SSSR count). The molecule has 1 aliphatic rings. The number of thiophene rings is 1. The summed E-state index contributed by atoms with van der Waals surface area (Å²) in [5, 5.41) is 5.71. The molecule has 2 aromatic heterocycles. The van der Waals surface area contributed by atoms with Gasteiger partial charge in [0, 0.05) is 46.1 Å². The number of nitrogens with zero attached hydrogens (tertiary/aromatic N) is 2. The van der Waals surface area contributed by atoms with Gasteiger partial charge in [-0.25, -0.2) is 0 Å². The van der Waals surface area contributed by atoms with Crippen LogP contribution in [0.5, 0.6) is 0 Å². The number of benzene rings is 2. The summed E-state index contributed by atoms with van der Waals surface area (Å²) < 4.78 is 0.938. The highest BCUT2D eigenvalue weighted by Gasteiger charge is 2.31. The van der Waals surface area contributed by atoms with Crippen LogP contribution in [0.4, 0.5) is 0 Å². The molecular weight excluding hydrogens is 521 g/mol. The van der Waals surface area contributed by atoms with E-state index in [0.29, 0.717) is 27.5 Å². The van der Waals surface area contributed by atoms with Crippen molar-refractivity contribution >= 4 is 50.5 Å². The first kappa shape index (κ1) is 26.2. The van der Waals surface area contributed by atoms with Gasteiger partial charge < -0.3 is 10.2 Å². The molecule has 1 N–H and O–H groups in total. The van der Waals surface area contributed by atoms with E-state index in [4.69, 9.17) is 23.2 Å². The van der Waals surface area contributed by atoms with E-state index in [2.05, 4.69) is 46.4 Å². The minimum atomic E-state index is 0.00149. The van der Waals surface area contributed by atoms with Gasteiger partial charge in [-0.2, -0.15) is 0 Å². The molecule has 0 spiro atoms. The summed E-state index contributed by atoms with van der Waals surface area (Å²) in [4.78, 5) is 20.9. The van der Waals surface area contributed by atoms with Crippen LogP contribution in [-0.4, -0.2) is 34.4 Å². The van der Waals surface area contributed by atoms with E-state index < -0.39 is 0 Å². The minimum Gasteiger partial charge on any atom is -0.331 e. The monoisotopic (exact) mass is 551 g/mol. The molecule has 2 aromatic carbocycles. The number of halogens is 2. The van der Waals surface area contributed by atoms with Gasteiger partial charge in [0.2, 0.25) is 0 Å². The maximum atomic E-state index is 14.1. The van der Waals surface area contributed by atoms with Crippen LogP contribution >= 0.6 is 34.5 Å². The molecule has 0 bridgehead atoms. The number of carbonyl (C=O) groups is 1. The molecule has 192 valence electrons. The van der Waals surface area contributed by atoms with Crippen LogP contribution in [0.25, 0.3) is 21.2 Å². The lowest BCUT2D eigenvalue weighted by atomic mass is 9.89. The van der Waals surface area contributed by atoms with Crippen molar-refractivity contribution in [2.45, 2.75) is 57.7 Å². The van der Waals surface area contributed by atoms with Crippen LogP contribution in [0, 0.1) is 0 Å². The maximum Gasteiger partial charge on any atom is 0.266 e. The lowest BCUT2D eigenvalue weighted by Gasteiger charge is -2.37. The number of pyridine rings is 1. The van der Waals surface area contributed by atoms with Gasteiger partial charge >= 0.3 is 0 Å². The molecule has 4 aromatic rings. The zero-order valence-corrected chi connectivity index (χ0v) is 23.3. The van der Waals surface area contributed by atoms with E-state index in [1.807, 2.05) is 30.3 Å². The smallest absolute Gasteiger partial charge is 0.266 e. The molecule has 4 nitrogen and oxygen atoms in total. The molecule has 1 aliphatic carbocycles. The summed E-state index contributed by atoms with van der Waals surface area (Å²) in [6.45, 7) is 3.78. The molecule has 1 fully saturated rings. The van der Waals surface area contributed by atoms with Gasteiger partial charge in [0.25, 0.3) is 5.91 Å². The first-order valence-electron chi connectivity index (χ1n) is 12.9. The molecule has 2 heterocycles. The highest BCUT2D eigenvalue weighted by Crippen LogP contribution is 2.39. The molecule has 0 atom stereocenters. The number of hydrogen-bond donors (Lipinski definition) is 1. The van der Waals surface area contributed by atoms with Crippen molar-refractivity contribution in [1.29, 1.82) is 0 Å². The third kappa shape index (κ3) is 6.01. The summed E-state index contributed by atoms with van der Waals surface area (Å²) in [7, 11) is 0. The Kier molecular flexibility index (Phi) is 8.46. The third-order valence-electron chi connectivity index (χ3n) is 7.16. The van der Waals surface area contributed by atoms with Crippen LogP contribution in [0.2, 0.25) is 10.0 Å². The first-order chi connectivity index (χ1) is 18.0. The summed E-state index contributed by atoms with van der Waals surface area (Å²) in [6.07, 6.45) is 8.84. The fourth-order valence-electron chi connectivity index (χ4n) is 5.20. The van der Waals surface area contributed by atoms with Crippen LogP contribution in [0.15, 0.2) is 67.0 Å². The van der Waals surface area contributed by atoms with E-state index in [9.17, 15) is 4.79 Å². The Labute approximate surface area is 232 Å². The van der Waals surface area contributed by atoms with Crippen molar-refractivity contribution in [3.05, 3.63) is 87.5 Å². The number of fused-ring (bicyclic) bond motifs is 1. The molecule has 37 heavy (non-hydrogen) atoms. The van der Waals surface area contributed by atoms with E-state index >= 15 is 0 Å². The summed E-state index contributed by atoms with van der Waals surface area (Å²) >= 11 is 14.4. The lowest BCUT2D eigenvalue weighted by molar-refractivity contribution is 0.0605. The summed E-state index contributed by atoms with van der Waals surface area (Å²) in [6, 6.07) is 18.8. The Morgan fingerprint density at radius 1 is 1.03 bits per heavy atom. The van der Waals surface area contributed by atoms with Gasteiger partial charge in [0.05, 0.1) is 5.02 Å². The Morgan fingerprint density at radius 2 is 1.81 bits per heavy atom. The van der Waals surface area contributed by atoms with Crippen molar-refractivity contribution in [3.8, 4) is 11.1 Å². The van der Waals surface area contributed by atoms with Gasteiger partial charge in [0.1, 0.15) is 4.88 Å². The van der Waals surface area contributed by atoms with E-state index in [-0.39, 0.29) is 11.9 Å². The van der Waals surface area contributed by atoms with Crippen LogP contribution in [-0.2, 0) is 6.54 Å². The SMILES string of the molecule is CCCNC1CCC(N(Cc2cccc(-c3ccncc3)c2)C(=O)c2sc3cc(Cl)ccc3c2Cl)CC1. The highest BCUT2D eigenvalue weighted by molar-refractivity contribution is 7.21. The Hall–Kier alpha value is -2.44. The normalized spacial score (nSPS) is 17.7. The largest absolute Gasteiger partial charge is 0.331 e. The number of carbonyl (C=O) groups excluding carboxylic acids is 1. The van der Waals surface area contributed by atoms with Crippen molar-refractivity contribution in [3.63, 3.8) is 0 Å². The Bertz CT molecular complexity index is 1370. The van der Waals surface area contributed by atoms with E-state index in [0.717, 1.165) is 65.4 Å². The maximum absolute atomic E-state index is 14.1. The van der Waals surface area contributed by atoms with Crippen molar-refractivity contribution in [2.24, 2.45) is 0 Å². The van der Waals surface area contributed by atoms with Gasteiger partial charge in [0.15, 0.2) is 0 Å². The van der Waals surface area contributed by atoms with Crippen LogP contribution < -0.4 is 5.32 Å². The van der Waals surface area contributed by atoms with Crippen LogP contribution in [0.1, 0.15) is 54.3 Å². The van der Waals surface area contributed by atoms with Gasteiger partial charge in [-0.1, -0.05) is 54.4 Å². The van der Waals surface area contributed by atoms with Gasteiger partial charge in [-0.05, 0) is 85.7 Å². The Balaban J connectivity index is 1.45. The van der Waals surface area contributed by atoms with Crippen LogP contribution in [0.3, 0.4) is 0 Å². The predicted molar refractivity (Wildman–Crippen MR) is 156 cm³/mol. The zero-order valence-electron chi connectivity index (χ0n) is 20.9. The number of aromatic nitrogens is 1. The number of rotatable bonds is 8. The van der Waals surface area contributed by atoms with Gasteiger partial charge in [-0.15, -0.1) is 11.3 Å². The second-order valence-corrected chi connectivity index (χ2v) is 11.6. The highest BCUT2D eigenvalue weighted by atomic mass is 35.5. The van der Waals surface area contributed by atoms with Gasteiger partial charge in [-0.3, -0.25) is 9.78 Å². The number of nitrogens with one attached hydrogen (secondary N) is 1. The summed E-state index contributed by atoms with van der Waals surface area (Å²) in [5.74, 6) is 0.00149.